The fourth-order valence-electron chi connectivity index (χ4n) is 9.82. The van der Waals surface area contributed by atoms with Crippen molar-refractivity contribution in [2.45, 2.75) is 75.7 Å². The molecule has 3 saturated carbocycles. The summed E-state index contributed by atoms with van der Waals surface area (Å²) in [6.07, 6.45) is 8.76. The molecule has 2 saturated heterocycles. The largest absolute Gasteiger partial charge is 0.503 e. The van der Waals surface area contributed by atoms with E-state index in [1.807, 2.05) is 18.2 Å². The first-order valence-electron chi connectivity index (χ1n) is 21.1. The SMILES string of the molecule is COc1c(C(=O)NCC23CCC(c4noc(-c5ccnc(N6CCN(CCCc7ccc8c(c7)n(C)c(=O)n8[C@@H]7CCC(=O)NC7=O)CC6)n5)n4)(CC2)CC3)cc(F)c(O)c1F. The van der Waals surface area contributed by atoms with Gasteiger partial charge in [0, 0.05) is 57.8 Å². The second-order valence-electron chi connectivity index (χ2n) is 17.2. The fraction of sp³-hybridized carbons (Fsp3) is 0.488. The van der Waals surface area contributed by atoms with Gasteiger partial charge in [-0.3, -0.25) is 33.7 Å². The molecule has 3 aromatic heterocycles. The third kappa shape index (κ3) is 7.45. The number of piperazine rings is 1. The summed E-state index contributed by atoms with van der Waals surface area (Å²) in [4.78, 5) is 69.2. The van der Waals surface area contributed by atoms with Gasteiger partial charge in [0.2, 0.25) is 23.6 Å². The number of methoxy groups -OCH3 is 1. The summed E-state index contributed by atoms with van der Waals surface area (Å²) in [5.41, 5.74) is 2.07. The van der Waals surface area contributed by atoms with E-state index in [-0.39, 0.29) is 34.4 Å². The normalized spacial score (nSPS) is 22.9. The second kappa shape index (κ2) is 16.2. The minimum Gasteiger partial charge on any atom is -0.503 e. The number of carbonyl (C=O) groups excluding carboxylic acids is 3. The van der Waals surface area contributed by atoms with E-state index in [0.717, 1.165) is 108 Å². The van der Waals surface area contributed by atoms with Crippen molar-refractivity contribution in [3.8, 4) is 23.1 Å². The molecule has 5 aromatic rings. The second-order valence-corrected chi connectivity index (χ2v) is 17.2. The van der Waals surface area contributed by atoms with Crippen molar-refractivity contribution in [1.82, 2.24) is 44.8 Å². The first-order valence-corrected chi connectivity index (χ1v) is 21.1. The van der Waals surface area contributed by atoms with Crippen LogP contribution in [-0.2, 0) is 28.5 Å². The number of hydrogen-bond acceptors (Lipinski definition) is 13. The van der Waals surface area contributed by atoms with Gasteiger partial charge in [-0.1, -0.05) is 11.2 Å². The van der Waals surface area contributed by atoms with E-state index < -0.39 is 41.0 Å². The number of benzene rings is 2. The zero-order valence-electron chi connectivity index (χ0n) is 34.6. The number of aromatic nitrogens is 6. The van der Waals surface area contributed by atoms with Crippen LogP contribution in [0.3, 0.4) is 0 Å². The van der Waals surface area contributed by atoms with Gasteiger partial charge in [-0.05, 0) is 99.6 Å². The molecule has 3 N–H and O–H groups in total. The van der Waals surface area contributed by atoms with Crippen molar-refractivity contribution in [3.63, 3.8) is 0 Å². The Labute approximate surface area is 354 Å². The number of rotatable bonds is 12. The number of phenols is 1. The molecular formula is C43H48F2N10O7. The number of imidazole rings is 1. The molecule has 0 radical (unpaired) electrons. The number of anilines is 1. The molecule has 10 rings (SSSR count). The van der Waals surface area contributed by atoms with Gasteiger partial charge in [0.25, 0.3) is 11.8 Å². The molecule has 5 heterocycles. The number of imide groups is 1. The maximum absolute atomic E-state index is 14.4. The summed E-state index contributed by atoms with van der Waals surface area (Å²) in [6.45, 7) is 4.43. The smallest absolute Gasteiger partial charge is 0.329 e. The van der Waals surface area contributed by atoms with E-state index >= 15 is 0 Å². The third-order valence-corrected chi connectivity index (χ3v) is 13.7. The van der Waals surface area contributed by atoms with E-state index in [4.69, 9.17) is 19.2 Å². The Bertz CT molecular complexity index is 2610. The molecule has 0 spiro atoms. The number of fused-ring (bicyclic) bond motifs is 4. The molecule has 2 aliphatic heterocycles. The maximum atomic E-state index is 14.4. The van der Waals surface area contributed by atoms with Gasteiger partial charge in [-0.2, -0.15) is 9.37 Å². The van der Waals surface area contributed by atoms with Crippen molar-refractivity contribution in [1.29, 1.82) is 0 Å². The van der Waals surface area contributed by atoms with Crippen molar-refractivity contribution in [2.24, 2.45) is 12.5 Å². The van der Waals surface area contributed by atoms with Gasteiger partial charge in [0.15, 0.2) is 23.1 Å². The molecule has 1 atom stereocenters. The van der Waals surface area contributed by atoms with Crippen LogP contribution in [0, 0.1) is 17.0 Å². The highest BCUT2D eigenvalue weighted by atomic mass is 19.1. The molecule has 62 heavy (non-hydrogen) atoms. The summed E-state index contributed by atoms with van der Waals surface area (Å²) in [5, 5.41) is 19.2. The Morgan fingerprint density at radius 1 is 1.02 bits per heavy atom. The van der Waals surface area contributed by atoms with Gasteiger partial charge < -0.3 is 24.6 Å². The standard InChI is InChI=1S/C43H48F2N10O7/c1-52-31-22-25(5-6-29(31)55(41(52)60)30-7-8-32(56)49-37(30)59)4-3-17-53-18-20-54(21-19-53)40-46-16-9-28(48-40)38-50-39(51-62-38)43-13-10-42(11-14-43,12-15-43)24-47-36(58)26-23-27(44)34(57)33(45)35(26)61-2/h5-6,9,16,22-23,30,57H,3-4,7-8,10-15,17-21,24H2,1-2H3,(H,47,58)(H,49,56,59)/t30-,42?,43?/m1/s1. The Morgan fingerprint density at radius 2 is 1.77 bits per heavy atom. The Hall–Kier alpha value is -6.24. The van der Waals surface area contributed by atoms with Crippen molar-refractivity contribution >= 4 is 34.7 Å². The molecule has 2 bridgehead atoms. The Morgan fingerprint density at radius 3 is 2.50 bits per heavy atom. The van der Waals surface area contributed by atoms with Gasteiger partial charge >= 0.3 is 5.69 Å². The van der Waals surface area contributed by atoms with Crippen molar-refractivity contribution < 1.29 is 37.5 Å². The minimum absolute atomic E-state index is 0.177. The summed E-state index contributed by atoms with van der Waals surface area (Å²) in [7, 11) is 2.86. The summed E-state index contributed by atoms with van der Waals surface area (Å²) < 4.78 is 42.3. The lowest BCUT2D eigenvalue weighted by molar-refractivity contribution is -0.135. The highest BCUT2D eigenvalue weighted by Crippen LogP contribution is 2.57. The topological polar surface area (TPSA) is 203 Å². The van der Waals surface area contributed by atoms with Crippen molar-refractivity contribution in [2.75, 3.05) is 51.3 Å². The van der Waals surface area contributed by atoms with Gasteiger partial charge in [0.05, 0.1) is 23.7 Å². The zero-order valence-corrected chi connectivity index (χ0v) is 34.6. The lowest BCUT2D eigenvalue weighted by Crippen LogP contribution is -2.49. The summed E-state index contributed by atoms with van der Waals surface area (Å²) in [5.74, 6) is -4.11. The van der Waals surface area contributed by atoms with Crippen LogP contribution in [0.2, 0.25) is 0 Å². The number of piperidine rings is 1. The Kier molecular flexibility index (Phi) is 10.8. The van der Waals surface area contributed by atoms with Gasteiger partial charge in [0.1, 0.15) is 11.7 Å². The predicted octanol–water partition coefficient (Wildman–Crippen LogP) is 3.93. The van der Waals surface area contributed by atoms with E-state index in [2.05, 4.69) is 30.6 Å². The molecule has 5 fully saturated rings. The average molecular weight is 855 g/mol. The molecular weight excluding hydrogens is 807 g/mol. The number of aromatic hydroxyl groups is 1. The van der Waals surface area contributed by atoms with Crippen molar-refractivity contribution in [3.05, 3.63) is 75.6 Å². The fourth-order valence-corrected chi connectivity index (χ4v) is 9.82. The molecule has 0 unspecified atom stereocenters. The molecule has 3 amide bonds. The number of ether oxygens (including phenoxy) is 1. The van der Waals surface area contributed by atoms with E-state index in [0.29, 0.717) is 41.8 Å². The number of halogens is 2. The Balaban J connectivity index is 0.764. The van der Waals surface area contributed by atoms with Gasteiger partial charge in [-0.25, -0.2) is 19.2 Å². The average Bonchev–Trinajstić information content (AvgIpc) is 3.89. The predicted molar refractivity (Wildman–Crippen MR) is 220 cm³/mol. The molecule has 19 heteroatoms. The van der Waals surface area contributed by atoms with E-state index in [1.165, 1.54) is 4.57 Å². The number of hydrogen-bond donors (Lipinski definition) is 3. The van der Waals surface area contributed by atoms with Crippen LogP contribution in [0.1, 0.15) is 85.6 Å². The first kappa shape index (κ1) is 41.1. The molecule has 326 valence electrons. The number of amides is 3. The monoisotopic (exact) mass is 854 g/mol. The number of phenolic OH excluding ortho intramolecular Hbond substituents is 1. The number of aryl methyl sites for hydroxylation is 2. The van der Waals surface area contributed by atoms with E-state index in [1.54, 1.807) is 23.9 Å². The highest BCUT2D eigenvalue weighted by Gasteiger charge is 2.51. The maximum Gasteiger partial charge on any atom is 0.329 e. The molecule has 5 aliphatic rings. The first-order chi connectivity index (χ1) is 29.9. The minimum atomic E-state index is -1.32. The zero-order chi connectivity index (χ0) is 43.3. The van der Waals surface area contributed by atoms with Crippen LogP contribution >= 0.6 is 0 Å². The number of nitrogens with one attached hydrogen (secondary N) is 2. The third-order valence-electron chi connectivity index (χ3n) is 13.7. The number of carbonyl (C=O) groups is 3. The highest BCUT2D eigenvalue weighted by molar-refractivity contribution is 6.00. The van der Waals surface area contributed by atoms with E-state index in [9.17, 15) is 33.1 Å². The molecule has 3 aliphatic carbocycles. The van der Waals surface area contributed by atoms with Crippen LogP contribution < -0.4 is 26.0 Å². The van der Waals surface area contributed by atoms with Crippen LogP contribution in [0.15, 0.2) is 45.8 Å². The summed E-state index contributed by atoms with van der Waals surface area (Å²) in [6, 6.07) is 7.76. The molecule has 2 aromatic carbocycles. The summed E-state index contributed by atoms with van der Waals surface area (Å²) >= 11 is 0. The van der Waals surface area contributed by atoms with Crippen LogP contribution in [0.25, 0.3) is 22.6 Å². The molecule has 17 nitrogen and oxygen atoms in total. The lowest BCUT2D eigenvalue weighted by atomic mass is 9.53. The van der Waals surface area contributed by atoms with Crippen LogP contribution in [0.4, 0.5) is 14.7 Å². The van der Waals surface area contributed by atoms with Crippen LogP contribution in [-0.4, -0.2) is 103 Å². The number of nitrogens with zero attached hydrogens (tertiary/aromatic N) is 8. The lowest BCUT2D eigenvalue weighted by Gasteiger charge is -2.52. The quantitative estimate of drug-likeness (QED) is 0.153. The van der Waals surface area contributed by atoms with Crippen LogP contribution in [0.5, 0.6) is 11.5 Å². The van der Waals surface area contributed by atoms with Gasteiger partial charge in [-0.15, -0.1) is 0 Å².